The molecule has 0 saturated carbocycles. The summed E-state index contributed by atoms with van der Waals surface area (Å²) in [5.74, 6) is -0.199. The number of anilines is 1. The third kappa shape index (κ3) is 6.89. The molecule has 7 heteroatoms. The molecule has 1 saturated heterocycles. The van der Waals surface area contributed by atoms with E-state index in [9.17, 15) is 14.4 Å². The lowest BCUT2D eigenvalue weighted by Crippen LogP contribution is -2.51. The van der Waals surface area contributed by atoms with Gasteiger partial charge in [0.1, 0.15) is 0 Å². The standard InChI is InChI=1S/C26H34N4O3/c1-18-8-10-22(11-9-18)24(27-21(4)31)16-26(33)30-14-12-29(13-15-30)17-25(32)28-23-7-5-6-19(2)20(23)3/h5-11,24H,12-17H2,1-4H3,(H,27,31)(H,28,32)/t24-/m1/s1. The molecule has 1 aliphatic rings. The first kappa shape index (κ1) is 24.5. The first-order chi connectivity index (χ1) is 15.7. The van der Waals surface area contributed by atoms with Gasteiger partial charge in [-0.1, -0.05) is 42.0 Å². The second-order valence-electron chi connectivity index (χ2n) is 8.82. The Labute approximate surface area is 196 Å². The van der Waals surface area contributed by atoms with E-state index < -0.39 is 0 Å². The highest BCUT2D eigenvalue weighted by molar-refractivity contribution is 5.93. The number of amides is 3. The maximum atomic E-state index is 12.9. The summed E-state index contributed by atoms with van der Waals surface area (Å²) in [6.07, 6.45) is 0.218. The van der Waals surface area contributed by atoms with Crippen molar-refractivity contribution in [2.24, 2.45) is 0 Å². The van der Waals surface area contributed by atoms with E-state index >= 15 is 0 Å². The van der Waals surface area contributed by atoms with Crippen LogP contribution in [-0.2, 0) is 14.4 Å². The second kappa shape index (κ2) is 11.1. The Morgan fingerprint density at radius 2 is 1.61 bits per heavy atom. The van der Waals surface area contributed by atoms with Crippen LogP contribution in [0.2, 0.25) is 0 Å². The highest BCUT2D eigenvalue weighted by atomic mass is 16.2. The third-order valence-electron chi connectivity index (χ3n) is 6.21. The molecule has 33 heavy (non-hydrogen) atoms. The molecule has 3 rings (SSSR count). The number of piperazine rings is 1. The molecule has 0 unspecified atom stereocenters. The minimum atomic E-state index is -0.350. The summed E-state index contributed by atoms with van der Waals surface area (Å²) in [5, 5.41) is 5.90. The van der Waals surface area contributed by atoms with Crippen molar-refractivity contribution in [2.75, 3.05) is 38.0 Å². The van der Waals surface area contributed by atoms with E-state index in [1.165, 1.54) is 6.92 Å². The van der Waals surface area contributed by atoms with Gasteiger partial charge in [0.15, 0.2) is 0 Å². The zero-order valence-electron chi connectivity index (χ0n) is 20.0. The topological polar surface area (TPSA) is 81.8 Å². The number of aryl methyl sites for hydroxylation is 2. The van der Waals surface area contributed by atoms with Crippen molar-refractivity contribution in [2.45, 2.75) is 40.2 Å². The van der Waals surface area contributed by atoms with Crippen molar-refractivity contribution in [1.82, 2.24) is 15.1 Å². The monoisotopic (exact) mass is 450 g/mol. The maximum Gasteiger partial charge on any atom is 0.238 e. The van der Waals surface area contributed by atoms with Crippen LogP contribution in [0.25, 0.3) is 0 Å². The minimum absolute atomic E-state index is 0.00816. The van der Waals surface area contributed by atoms with Crippen LogP contribution < -0.4 is 10.6 Å². The molecule has 0 radical (unpaired) electrons. The largest absolute Gasteiger partial charge is 0.349 e. The highest BCUT2D eigenvalue weighted by Crippen LogP contribution is 2.20. The Morgan fingerprint density at radius 3 is 2.24 bits per heavy atom. The number of hydrogen-bond acceptors (Lipinski definition) is 4. The summed E-state index contributed by atoms with van der Waals surface area (Å²) in [6, 6.07) is 13.4. The minimum Gasteiger partial charge on any atom is -0.349 e. The van der Waals surface area contributed by atoms with Gasteiger partial charge in [0.05, 0.1) is 19.0 Å². The maximum absolute atomic E-state index is 12.9. The van der Waals surface area contributed by atoms with Gasteiger partial charge in [-0.15, -0.1) is 0 Å². The van der Waals surface area contributed by atoms with Gasteiger partial charge in [0, 0.05) is 38.8 Å². The molecular formula is C26H34N4O3. The lowest BCUT2D eigenvalue weighted by molar-refractivity contribution is -0.133. The quantitative estimate of drug-likeness (QED) is 0.680. The molecule has 2 aromatic rings. The highest BCUT2D eigenvalue weighted by Gasteiger charge is 2.25. The first-order valence-electron chi connectivity index (χ1n) is 11.4. The van der Waals surface area contributed by atoms with Crippen molar-refractivity contribution >= 4 is 23.4 Å². The number of nitrogens with one attached hydrogen (secondary N) is 2. The van der Waals surface area contributed by atoms with E-state index in [2.05, 4.69) is 15.5 Å². The molecule has 1 heterocycles. The number of hydrogen-bond donors (Lipinski definition) is 2. The predicted octanol–water partition coefficient (Wildman–Crippen LogP) is 2.96. The van der Waals surface area contributed by atoms with Crippen LogP contribution in [0.1, 0.15) is 41.6 Å². The summed E-state index contributed by atoms with van der Waals surface area (Å²) < 4.78 is 0. The van der Waals surface area contributed by atoms with E-state index in [0.29, 0.717) is 32.7 Å². The van der Waals surface area contributed by atoms with Gasteiger partial charge in [0.25, 0.3) is 0 Å². The van der Waals surface area contributed by atoms with E-state index in [-0.39, 0.29) is 30.2 Å². The first-order valence-corrected chi connectivity index (χ1v) is 11.4. The zero-order chi connectivity index (χ0) is 24.0. The predicted molar refractivity (Wildman–Crippen MR) is 130 cm³/mol. The SMILES string of the molecule is CC(=O)N[C@H](CC(=O)N1CCN(CC(=O)Nc2cccc(C)c2C)CC1)c1ccc(C)cc1. The average molecular weight is 451 g/mol. The second-order valence-corrected chi connectivity index (χ2v) is 8.82. The normalized spacial score (nSPS) is 15.1. The van der Waals surface area contributed by atoms with Gasteiger partial charge >= 0.3 is 0 Å². The molecule has 2 aromatic carbocycles. The molecule has 1 atom stereocenters. The fourth-order valence-corrected chi connectivity index (χ4v) is 4.03. The van der Waals surface area contributed by atoms with Crippen molar-refractivity contribution in [3.8, 4) is 0 Å². The summed E-state index contributed by atoms with van der Waals surface area (Å²) in [5.41, 5.74) is 5.11. The fourth-order valence-electron chi connectivity index (χ4n) is 4.03. The van der Waals surface area contributed by atoms with E-state index in [1.807, 2.05) is 68.1 Å². The van der Waals surface area contributed by atoms with Gasteiger partial charge in [-0.25, -0.2) is 0 Å². The molecule has 0 bridgehead atoms. The number of rotatable bonds is 7. The van der Waals surface area contributed by atoms with Crippen LogP contribution in [-0.4, -0.2) is 60.2 Å². The number of nitrogens with zero attached hydrogens (tertiary/aromatic N) is 2. The van der Waals surface area contributed by atoms with Crippen molar-refractivity contribution in [3.05, 3.63) is 64.7 Å². The van der Waals surface area contributed by atoms with Crippen molar-refractivity contribution in [3.63, 3.8) is 0 Å². The smallest absolute Gasteiger partial charge is 0.238 e. The van der Waals surface area contributed by atoms with Crippen LogP contribution in [0.3, 0.4) is 0 Å². The van der Waals surface area contributed by atoms with Crippen LogP contribution in [0.15, 0.2) is 42.5 Å². The molecule has 3 amide bonds. The van der Waals surface area contributed by atoms with Gasteiger partial charge < -0.3 is 15.5 Å². The summed E-state index contributed by atoms with van der Waals surface area (Å²) >= 11 is 0. The Balaban J connectivity index is 1.51. The lowest BCUT2D eigenvalue weighted by Gasteiger charge is -2.35. The van der Waals surface area contributed by atoms with Gasteiger partial charge in [-0.3, -0.25) is 19.3 Å². The van der Waals surface area contributed by atoms with Crippen LogP contribution in [0.4, 0.5) is 5.69 Å². The van der Waals surface area contributed by atoms with E-state index in [1.54, 1.807) is 0 Å². The Bertz CT molecular complexity index is 995. The van der Waals surface area contributed by atoms with E-state index in [0.717, 1.165) is 27.9 Å². The van der Waals surface area contributed by atoms with Gasteiger partial charge in [-0.05, 0) is 43.5 Å². The fraction of sp³-hybridized carbons (Fsp3) is 0.423. The lowest BCUT2D eigenvalue weighted by atomic mass is 10.0. The molecule has 2 N–H and O–H groups in total. The van der Waals surface area contributed by atoms with Crippen molar-refractivity contribution < 1.29 is 14.4 Å². The molecule has 0 aliphatic carbocycles. The van der Waals surface area contributed by atoms with Crippen molar-refractivity contribution in [1.29, 1.82) is 0 Å². The van der Waals surface area contributed by atoms with Gasteiger partial charge in [0.2, 0.25) is 17.7 Å². The Kier molecular flexibility index (Phi) is 8.22. The molecular weight excluding hydrogens is 416 g/mol. The number of benzene rings is 2. The van der Waals surface area contributed by atoms with Gasteiger partial charge in [-0.2, -0.15) is 0 Å². The molecule has 176 valence electrons. The molecule has 0 spiro atoms. The number of carbonyl (C=O) groups is 3. The zero-order valence-corrected chi connectivity index (χ0v) is 20.0. The van der Waals surface area contributed by atoms with Crippen LogP contribution in [0.5, 0.6) is 0 Å². The van der Waals surface area contributed by atoms with Crippen LogP contribution in [0, 0.1) is 20.8 Å². The molecule has 7 nitrogen and oxygen atoms in total. The summed E-state index contributed by atoms with van der Waals surface area (Å²) in [6.45, 7) is 10.2. The average Bonchev–Trinajstić information content (AvgIpc) is 2.77. The third-order valence-corrected chi connectivity index (χ3v) is 6.21. The summed E-state index contributed by atoms with van der Waals surface area (Å²) in [4.78, 5) is 41.0. The summed E-state index contributed by atoms with van der Waals surface area (Å²) in [7, 11) is 0. The van der Waals surface area contributed by atoms with E-state index in [4.69, 9.17) is 0 Å². The molecule has 1 fully saturated rings. The Morgan fingerprint density at radius 1 is 0.939 bits per heavy atom. The molecule has 0 aromatic heterocycles. The number of carbonyl (C=O) groups excluding carboxylic acids is 3. The Hall–Kier alpha value is -3.19. The van der Waals surface area contributed by atoms with Crippen LogP contribution >= 0.6 is 0 Å². The molecule has 1 aliphatic heterocycles.